The standard InChI is InChI=1S/C18H20N4O3S/c1-14-13-15(6-7-18(14)25-2)26(23,24)20-10-12-22-11-8-17(21-22)16-5-3-4-9-19-16/h3-9,11,13,20H,10,12H2,1-2H3. The van der Waals surface area contributed by atoms with Crippen LogP contribution in [0.3, 0.4) is 0 Å². The van der Waals surface area contributed by atoms with E-state index in [0.29, 0.717) is 12.3 Å². The van der Waals surface area contributed by atoms with Crippen molar-refractivity contribution in [3.05, 3.63) is 60.4 Å². The average Bonchev–Trinajstić information content (AvgIpc) is 3.11. The van der Waals surface area contributed by atoms with Crippen molar-refractivity contribution in [2.75, 3.05) is 13.7 Å². The fourth-order valence-electron chi connectivity index (χ4n) is 2.53. The van der Waals surface area contributed by atoms with Crippen LogP contribution in [0.15, 0.2) is 59.8 Å². The molecule has 3 aromatic rings. The molecule has 1 N–H and O–H groups in total. The molecule has 0 aliphatic rings. The SMILES string of the molecule is COc1ccc(S(=O)(=O)NCCn2ccc(-c3ccccn3)n2)cc1C. The molecular formula is C18H20N4O3S. The molecule has 0 aliphatic heterocycles. The first-order valence-corrected chi connectivity index (χ1v) is 9.57. The first-order valence-electron chi connectivity index (χ1n) is 8.09. The predicted octanol–water partition coefficient (Wildman–Crippen LogP) is 2.24. The highest BCUT2D eigenvalue weighted by Crippen LogP contribution is 2.21. The van der Waals surface area contributed by atoms with Gasteiger partial charge in [0.2, 0.25) is 10.0 Å². The Labute approximate surface area is 152 Å². The van der Waals surface area contributed by atoms with Crippen LogP contribution in [-0.2, 0) is 16.6 Å². The molecule has 0 fully saturated rings. The molecule has 3 rings (SSSR count). The van der Waals surface area contributed by atoms with Gasteiger partial charge >= 0.3 is 0 Å². The highest BCUT2D eigenvalue weighted by molar-refractivity contribution is 7.89. The van der Waals surface area contributed by atoms with Gasteiger partial charge in [0.05, 0.1) is 24.2 Å². The molecule has 26 heavy (non-hydrogen) atoms. The molecule has 1 aromatic carbocycles. The lowest BCUT2D eigenvalue weighted by molar-refractivity contribution is 0.411. The van der Waals surface area contributed by atoms with Crippen LogP contribution < -0.4 is 9.46 Å². The molecule has 8 heteroatoms. The maximum atomic E-state index is 12.4. The number of sulfonamides is 1. The molecule has 7 nitrogen and oxygen atoms in total. The highest BCUT2D eigenvalue weighted by Gasteiger charge is 2.15. The topological polar surface area (TPSA) is 86.1 Å². The molecule has 0 unspecified atom stereocenters. The van der Waals surface area contributed by atoms with Crippen molar-refractivity contribution in [1.82, 2.24) is 19.5 Å². The molecule has 0 spiro atoms. The fraction of sp³-hybridized carbons (Fsp3) is 0.222. The fourth-order valence-corrected chi connectivity index (χ4v) is 3.64. The molecule has 2 heterocycles. The molecule has 0 aliphatic carbocycles. The number of benzene rings is 1. The number of aryl methyl sites for hydroxylation is 1. The van der Waals surface area contributed by atoms with Crippen LogP contribution in [0.4, 0.5) is 0 Å². The first-order chi connectivity index (χ1) is 12.5. The molecule has 0 atom stereocenters. The van der Waals surface area contributed by atoms with E-state index in [2.05, 4.69) is 14.8 Å². The highest BCUT2D eigenvalue weighted by atomic mass is 32.2. The lowest BCUT2D eigenvalue weighted by Gasteiger charge is -2.10. The third kappa shape index (κ3) is 4.09. The van der Waals surface area contributed by atoms with Crippen molar-refractivity contribution in [2.45, 2.75) is 18.4 Å². The van der Waals surface area contributed by atoms with Gasteiger partial charge in [-0.2, -0.15) is 5.10 Å². The van der Waals surface area contributed by atoms with Gasteiger partial charge in [0.1, 0.15) is 11.4 Å². The summed E-state index contributed by atoms with van der Waals surface area (Å²) in [5.41, 5.74) is 2.29. The number of hydrogen-bond donors (Lipinski definition) is 1. The van der Waals surface area contributed by atoms with Gasteiger partial charge in [-0.3, -0.25) is 9.67 Å². The minimum atomic E-state index is -3.58. The van der Waals surface area contributed by atoms with Crippen LogP contribution in [0.25, 0.3) is 11.4 Å². The molecule has 0 bridgehead atoms. The number of nitrogens with zero attached hydrogens (tertiary/aromatic N) is 3. The minimum Gasteiger partial charge on any atom is -0.496 e. The van der Waals surface area contributed by atoms with E-state index in [0.717, 1.165) is 17.0 Å². The van der Waals surface area contributed by atoms with E-state index in [-0.39, 0.29) is 11.4 Å². The van der Waals surface area contributed by atoms with Gasteiger partial charge in [-0.15, -0.1) is 0 Å². The lowest BCUT2D eigenvalue weighted by Crippen LogP contribution is -2.27. The van der Waals surface area contributed by atoms with E-state index in [1.165, 1.54) is 6.07 Å². The Balaban J connectivity index is 1.62. The summed E-state index contributed by atoms with van der Waals surface area (Å²) in [7, 11) is -2.03. The number of pyridine rings is 1. The molecule has 136 valence electrons. The number of nitrogens with one attached hydrogen (secondary N) is 1. The smallest absolute Gasteiger partial charge is 0.240 e. The van der Waals surface area contributed by atoms with Gasteiger partial charge in [-0.25, -0.2) is 13.1 Å². The summed E-state index contributed by atoms with van der Waals surface area (Å²) in [6.07, 6.45) is 3.51. The third-order valence-corrected chi connectivity index (χ3v) is 5.34. The summed E-state index contributed by atoms with van der Waals surface area (Å²) in [5, 5.41) is 4.41. The molecule has 0 radical (unpaired) electrons. The first kappa shape index (κ1) is 18.1. The largest absolute Gasteiger partial charge is 0.496 e. The summed E-state index contributed by atoms with van der Waals surface area (Å²) in [6.45, 7) is 2.46. The second kappa shape index (κ2) is 7.67. The second-order valence-electron chi connectivity index (χ2n) is 5.71. The van der Waals surface area contributed by atoms with Gasteiger partial charge in [-0.05, 0) is 48.9 Å². The van der Waals surface area contributed by atoms with Gasteiger partial charge < -0.3 is 4.74 Å². The number of rotatable bonds is 7. The van der Waals surface area contributed by atoms with Crippen LogP contribution in [0.2, 0.25) is 0 Å². The molecular weight excluding hydrogens is 352 g/mol. The van der Waals surface area contributed by atoms with Crippen molar-refractivity contribution in [3.63, 3.8) is 0 Å². The van der Waals surface area contributed by atoms with Crippen molar-refractivity contribution in [1.29, 1.82) is 0 Å². The Morgan fingerprint density at radius 2 is 2.00 bits per heavy atom. The van der Waals surface area contributed by atoms with Crippen LogP contribution >= 0.6 is 0 Å². The number of aromatic nitrogens is 3. The molecule has 0 amide bonds. The number of methoxy groups -OCH3 is 1. The van der Waals surface area contributed by atoms with E-state index in [1.807, 2.05) is 24.3 Å². The molecule has 2 aromatic heterocycles. The zero-order chi connectivity index (χ0) is 18.6. The van der Waals surface area contributed by atoms with Crippen molar-refractivity contribution < 1.29 is 13.2 Å². The number of hydrogen-bond acceptors (Lipinski definition) is 5. The Morgan fingerprint density at radius 1 is 1.15 bits per heavy atom. The monoisotopic (exact) mass is 372 g/mol. The van der Waals surface area contributed by atoms with E-state index in [1.54, 1.807) is 43.2 Å². The summed E-state index contributed by atoms with van der Waals surface area (Å²) in [4.78, 5) is 4.46. The van der Waals surface area contributed by atoms with Crippen molar-refractivity contribution in [2.24, 2.45) is 0 Å². The van der Waals surface area contributed by atoms with Crippen LogP contribution in [0.1, 0.15) is 5.56 Å². The van der Waals surface area contributed by atoms with E-state index in [4.69, 9.17) is 4.74 Å². The van der Waals surface area contributed by atoms with E-state index >= 15 is 0 Å². The Hall–Kier alpha value is -2.71. The van der Waals surface area contributed by atoms with Gasteiger partial charge in [-0.1, -0.05) is 6.07 Å². The summed E-state index contributed by atoms with van der Waals surface area (Å²) in [5.74, 6) is 0.655. The molecule has 0 saturated heterocycles. The van der Waals surface area contributed by atoms with E-state index in [9.17, 15) is 8.42 Å². The zero-order valence-corrected chi connectivity index (χ0v) is 15.4. The Morgan fingerprint density at radius 3 is 2.69 bits per heavy atom. The normalized spacial score (nSPS) is 11.5. The summed E-state index contributed by atoms with van der Waals surface area (Å²) >= 11 is 0. The van der Waals surface area contributed by atoms with Crippen LogP contribution in [0, 0.1) is 6.92 Å². The van der Waals surface area contributed by atoms with Crippen LogP contribution in [-0.4, -0.2) is 36.8 Å². The summed E-state index contributed by atoms with van der Waals surface area (Å²) < 4.78 is 34.3. The Bertz CT molecular complexity index is 985. The van der Waals surface area contributed by atoms with Crippen LogP contribution in [0.5, 0.6) is 5.75 Å². The van der Waals surface area contributed by atoms with Crippen molar-refractivity contribution >= 4 is 10.0 Å². The minimum absolute atomic E-state index is 0.213. The van der Waals surface area contributed by atoms with Gasteiger partial charge in [0.15, 0.2) is 0 Å². The quantitative estimate of drug-likeness (QED) is 0.687. The Kier molecular flexibility index (Phi) is 5.34. The van der Waals surface area contributed by atoms with Gasteiger partial charge in [0.25, 0.3) is 0 Å². The van der Waals surface area contributed by atoms with Gasteiger partial charge in [0, 0.05) is 18.9 Å². The second-order valence-corrected chi connectivity index (χ2v) is 7.48. The predicted molar refractivity (Wildman–Crippen MR) is 98.4 cm³/mol. The van der Waals surface area contributed by atoms with Crippen molar-refractivity contribution in [3.8, 4) is 17.1 Å². The lowest BCUT2D eigenvalue weighted by atomic mass is 10.2. The zero-order valence-electron chi connectivity index (χ0n) is 14.6. The maximum absolute atomic E-state index is 12.4. The molecule has 0 saturated carbocycles. The number of ether oxygens (including phenoxy) is 1. The maximum Gasteiger partial charge on any atom is 0.240 e. The van der Waals surface area contributed by atoms with E-state index < -0.39 is 10.0 Å². The summed E-state index contributed by atoms with van der Waals surface area (Å²) in [6, 6.07) is 12.2. The third-order valence-electron chi connectivity index (χ3n) is 3.88. The average molecular weight is 372 g/mol.